The Morgan fingerprint density at radius 1 is 1.07 bits per heavy atom. The predicted molar refractivity (Wildman–Crippen MR) is 111 cm³/mol. The van der Waals surface area contributed by atoms with Crippen LogP contribution in [0.15, 0.2) is 46.9 Å². The van der Waals surface area contributed by atoms with E-state index in [0.29, 0.717) is 10.7 Å². The molecule has 1 fully saturated rings. The predicted octanol–water partition coefficient (Wildman–Crippen LogP) is 3.86. The van der Waals surface area contributed by atoms with Gasteiger partial charge in [-0.05, 0) is 55.0 Å². The Morgan fingerprint density at radius 3 is 2.52 bits per heavy atom. The van der Waals surface area contributed by atoms with E-state index in [1.165, 1.54) is 0 Å². The van der Waals surface area contributed by atoms with Gasteiger partial charge in [-0.25, -0.2) is 0 Å². The number of hydrogen-bond acceptors (Lipinski definition) is 7. The maximum Gasteiger partial charge on any atom is 0.320 e. The molecule has 1 aromatic heterocycles. The molecular weight excluding hydrogens is 394 g/mol. The first-order chi connectivity index (χ1) is 14.1. The highest BCUT2D eigenvalue weighted by molar-refractivity contribution is 6.31. The van der Waals surface area contributed by atoms with E-state index in [0.717, 1.165) is 43.2 Å². The molecule has 1 amide bonds. The number of carbonyl (C=O) groups is 1. The van der Waals surface area contributed by atoms with Gasteiger partial charge in [0.25, 0.3) is 0 Å². The van der Waals surface area contributed by atoms with Gasteiger partial charge in [0.05, 0.1) is 13.2 Å². The summed E-state index contributed by atoms with van der Waals surface area (Å²) < 4.78 is 10.8. The molecule has 0 radical (unpaired) electrons. The standard InChI is InChI=1S/C20H20ClN5O3/c1-13-12-15(4-7-17(13)21)23-20-25-24-19(29-20)18(27)22-14-2-5-16(6-3-14)26-8-10-28-11-9-26/h2-7,12H,8-11H2,1H3,(H,22,27)(H,23,25). The van der Waals surface area contributed by atoms with Crippen LogP contribution in [0.4, 0.5) is 23.1 Å². The van der Waals surface area contributed by atoms with Crippen LogP contribution in [0.25, 0.3) is 0 Å². The molecule has 0 spiro atoms. The molecule has 4 rings (SSSR count). The van der Waals surface area contributed by atoms with Crippen LogP contribution >= 0.6 is 11.6 Å². The van der Waals surface area contributed by atoms with Gasteiger partial charge >= 0.3 is 17.8 Å². The number of nitrogens with one attached hydrogen (secondary N) is 2. The molecule has 0 bridgehead atoms. The van der Waals surface area contributed by atoms with Gasteiger partial charge in [0.15, 0.2) is 0 Å². The highest BCUT2D eigenvalue weighted by Crippen LogP contribution is 2.23. The zero-order valence-electron chi connectivity index (χ0n) is 15.8. The number of rotatable bonds is 5. The van der Waals surface area contributed by atoms with Crippen LogP contribution < -0.4 is 15.5 Å². The number of aromatic nitrogens is 2. The van der Waals surface area contributed by atoms with E-state index >= 15 is 0 Å². The Kier molecular flexibility index (Phi) is 5.64. The average Bonchev–Trinajstić information content (AvgIpc) is 3.21. The van der Waals surface area contributed by atoms with Gasteiger partial charge in [-0.1, -0.05) is 16.7 Å². The number of carbonyl (C=O) groups excluding carboxylic acids is 1. The molecule has 150 valence electrons. The van der Waals surface area contributed by atoms with Crippen molar-refractivity contribution in [3.05, 3.63) is 58.9 Å². The lowest BCUT2D eigenvalue weighted by Gasteiger charge is -2.28. The fourth-order valence-corrected chi connectivity index (χ4v) is 3.09. The lowest BCUT2D eigenvalue weighted by molar-refractivity contribution is 0.0991. The number of aryl methyl sites for hydroxylation is 1. The number of morpholine rings is 1. The van der Waals surface area contributed by atoms with Crippen molar-refractivity contribution in [2.75, 3.05) is 41.8 Å². The van der Waals surface area contributed by atoms with Gasteiger partial charge in [-0.15, -0.1) is 5.10 Å². The van der Waals surface area contributed by atoms with Crippen LogP contribution in [0.5, 0.6) is 0 Å². The van der Waals surface area contributed by atoms with Crippen molar-refractivity contribution in [1.82, 2.24) is 10.2 Å². The Hall–Kier alpha value is -3.10. The van der Waals surface area contributed by atoms with Crippen molar-refractivity contribution in [3.63, 3.8) is 0 Å². The summed E-state index contributed by atoms with van der Waals surface area (Å²) in [5.74, 6) is -0.604. The summed E-state index contributed by atoms with van der Waals surface area (Å²) >= 11 is 6.02. The van der Waals surface area contributed by atoms with Crippen LogP contribution in [0.3, 0.4) is 0 Å². The Bertz CT molecular complexity index is 1000. The summed E-state index contributed by atoms with van der Waals surface area (Å²) in [7, 11) is 0. The third-order valence-electron chi connectivity index (χ3n) is 4.53. The minimum absolute atomic E-state index is 0.125. The lowest BCUT2D eigenvalue weighted by atomic mass is 10.2. The molecule has 29 heavy (non-hydrogen) atoms. The van der Waals surface area contributed by atoms with Crippen LogP contribution in [0.2, 0.25) is 5.02 Å². The van der Waals surface area contributed by atoms with E-state index in [-0.39, 0.29) is 11.9 Å². The summed E-state index contributed by atoms with van der Waals surface area (Å²) in [6, 6.07) is 13.1. The van der Waals surface area contributed by atoms with Crippen molar-refractivity contribution >= 4 is 40.6 Å². The first-order valence-electron chi connectivity index (χ1n) is 9.19. The van der Waals surface area contributed by atoms with E-state index in [9.17, 15) is 4.79 Å². The molecule has 0 unspecified atom stereocenters. The maximum atomic E-state index is 12.4. The van der Waals surface area contributed by atoms with Crippen LogP contribution in [0, 0.1) is 6.92 Å². The van der Waals surface area contributed by atoms with Gasteiger partial charge in [0, 0.05) is 35.2 Å². The van der Waals surface area contributed by atoms with E-state index < -0.39 is 5.91 Å². The fraction of sp³-hybridized carbons (Fsp3) is 0.250. The van der Waals surface area contributed by atoms with Crippen molar-refractivity contribution in [3.8, 4) is 0 Å². The molecule has 0 atom stereocenters. The minimum atomic E-state index is -0.475. The number of halogens is 1. The first kappa shape index (κ1) is 19.2. The summed E-state index contributed by atoms with van der Waals surface area (Å²) in [6.07, 6.45) is 0. The van der Waals surface area contributed by atoms with Crippen molar-refractivity contribution in [2.45, 2.75) is 6.92 Å². The van der Waals surface area contributed by atoms with Gasteiger partial charge < -0.3 is 24.7 Å². The molecule has 2 N–H and O–H groups in total. The third kappa shape index (κ3) is 4.67. The number of hydrogen-bond donors (Lipinski definition) is 2. The van der Waals surface area contributed by atoms with Crippen LogP contribution in [-0.2, 0) is 4.74 Å². The molecule has 2 heterocycles. The SMILES string of the molecule is Cc1cc(Nc2nnc(C(=O)Nc3ccc(N4CCOCC4)cc3)o2)ccc1Cl. The Balaban J connectivity index is 1.38. The van der Waals surface area contributed by atoms with Gasteiger partial charge in [0.1, 0.15) is 0 Å². The van der Waals surface area contributed by atoms with Crippen LogP contribution in [-0.4, -0.2) is 42.4 Å². The topological polar surface area (TPSA) is 92.5 Å². The number of amides is 1. The zero-order chi connectivity index (χ0) is 20.2. The monoisotopic (exact) mass is 413 g/mol. The van der Waals surface area contributed by atoms with Crippen molar-refractivity contribution in [2.24, 2.45) is 0 Å². The fourth-order valence-electron chi connectivity index (χ4n) is 2.97. The van der Waals surface area contributed by atoms with Gasteiger partial charge in [-0.2, -0.15) is 0 Å². The molecule has 3 aromatic rings. The molecule has 0 aliphatic carbocycles. The van der Waals surface area contributed by atoms with Gasteiger partial charge in [0.2, 0.25) is 0 Å². The largest absolute Gasteiger partial charge is 0.399 e. The Morgan fingerprint density at radius 2 is 1.79 bits per heavy atom. The lowest BCUT2D eigenvalue weighted by Crippen LogP contribution is -2.36. The summed E-state index contributed by atoms with van der Waals surface area (Å²) in [6.45, 7) is 5.06. The van der Waals surface area contributed by atoms with E-state index in [2.05, 4.69) is 25.7 Å². The maximum absolute atomic E-state index is 12.4. The molecular formula is C20H20ClN5O3. The molecule has 0 saturated carbocycles. The quantitative estimate of drug-likeness (QED) is 0.655. The van der Waals surface area contributed by atoms with Crippen molar-refractivity contribution < 1.29 is 13.9 Å². The second-order valence-electron chi connectivity index (χ2n) is 6.60. The Labute approximate surface area is 172 Å². The first-order valence-corrected chi connectivity index (χ1v) is 9.57. The zero-order valence-corrected chi connectivity index (χ0v) is 16.6. The second kappa shape index (κ2) is 8.50. The number of benzene rings is 2. The third-order valence-corrected chi connectivity index (χ3v) is 4.95. The number of anilines is 4. The van der Waals surface area contributed by atoms with Crippen molar-refractivity contribution in [1.29, 1.82) is 0 Å². The van der Waals surface area contributed by atoms with E-state index in [1.54, 1.807) is 12.1 Å². The summed E-state index contributed by atoms with van der Waals surface area (Å²) in [5, 5.41) is 14.0. The van der Waals surface area contributed by atoms with Crippen LogP contribution in [0.1, 0.15) is 16.2 Å². The molecule has 9 heteroatoms. The molecule has 8 nitrogen and oxygen atoms in total. The average molecular weight is 414 g/mol. The summed E-state index contributed by atoms with van der Waals surface area (Å²) in [5.41, 5.74) is 3.39. The highest BCUT2D eigenvalue weighted by atomic mass is 35.5. The molecule has 2 aromatic carbocycles. The number of nitrogens with zero attached hydrogens (tertiary/aromatic N) is 3. The minimum Gasteiger partial charge on any atom is -0.399 e. The molecule has 1 saturated heterocycles. The molecule has 1 aliphatic heterocycles. The van der Waals surface area contributed by atoms with Gasteiger partial charge in [-0.3, -0.25) is 4.79 Å². The highest BCUT2D eigenvalue weighted by Gasteiger charge is 2.16. The number of ether oxygens (including phenoxy) is 1. The summed E-state index contributed by atoms with van der Waals surface area (Å²) in [4.78, 5) is 14.6. The molecule has 1 aliphatic rings. The van der Waals surface area contributed by atoms with E-state index in [1.807, 2.05) is 37.3 Å². The van der Waals surface area contributed by atoms with E-state index in [4.69, 9.17) is 20.8 Å². The smallest absolute Gasteiger partial charge is 0.320 e. The normalized spacial score (nSPS) is 13.9. The second-order valence-corrected chi connectivity index (χ2v) is 7.01.